The van der Waals surface area contributed by atoms with E-state index in [1.165, 1.54) is 62.8 Å². The van der Waals surface area contributed by atoms with E-state index in [1.54, 1.807) is 0 Å². The summed E-state index contributed by atoms with van der Waals surface area (Å²) in [5, 5.41) is 0. The van der Waals surface area contributed by atoms with Crippen molar-refractivity contribution in [2.24, 2.45) is 10.7 Å². The van der Waals surface area contributed by atoms with Crippen molar-refractivity contribution in [3.8, 4) is 0 Å². The van der Waals surface area contributed by atoms with Crippen LogP contribution in [0.3, 0.4) is 0 Å². The van der Waals surface area contributed by atoms with E-state index in [9.17, 15) is 0 Å². The Morgan fingerprint density at radius 2 is 0.900 bits per heavy atom. The van der Waals surface area contributed by atoms with E-state index in [-0.39, 0.29) is 6.15 Å². The van der Waals surface area contributed by atoms with E-state index in [1.807, 2.05) is 13.8 Å². The van der Waals surface area contributed by atoms with Crippen LogP contribution in [0.1, 0.15) is 69.2 Å². The molecule has 0 fully saturated rings. The summed E-state index contributed by atoms with van der Waals surface area (Å²) in [5.74, 6) is 0. The maximum absolute atomic E-state index is 5.81. The van der Waals surface area contributed by atoms with E-state index in [2.05, 4.69) is 104 Å². The Labute approximate surface area is 208 Å². The van der Waals surface area contributed by atoms with Crippen LogP contribution in [-0.4, -0.2) is 13.8 Å². The summed E-state index contributed by atoms with van der Waals surface area (Å²) in [4.78, 5) is 4.00. The summed E-state index contributed by atoms with van der Waals surface area (Å²) in [5.41, 5.74) is 27.0. The maximum Gasteiger partial charge on any atom is 0.0443 e. The van der Waals surface area contributed by atoms with Crippen molar-refractivity contribution in [2.75, 3.05) is 7.05 Å². The fourth-order valence-corrected chi connectivity index (χ4v) is 3.65. The molecule has 2 rings (SSSR count). The van der Waals surface area contributed by atoms with Crippen LogP contribution in [0.4, 0.5) is 0 Å². The molecule has 2 aliphatic rings. The van der Waals surface area contributed by atoms with Crippen molar-refractivity contribution in [2.45, 2.75) is 69.2 Å². The van der Waals surface area contributed by atoms with Gasteiger partial charge in [-0.15, -0.1) is 0 Å². The maximum atomic E-state index is 5.81. The number of hydrogen-bond acceptors (Lipinski definition) is 3. The number of halogens is 2. The monoisotopic (exact) mass is 639 g/mol. The Morgan fingerprint density at radius 3 is 1.07 bits per heavy atom. The second-order valence-electron chi connectivity index (χ2n) is 7.18. The summed E-state index contributed by atoms with van der Waals surface area (Å²) in [6.45, 7) is 24.8. The molecule has 172 valence electrons. The Balaban J connectivity index is -0.000000406. The zero-order chi connectivity index (χ0) is 23.6. The number of rotatable bonds is 1. The molecular formula is C24H41I2N4-. The molecule has 0 spiro atoms. The lowest BCUT2D eigenvalue weighted by Crippen LogP contribution is -1.98. The molecular weight excluding hydrogens is 598 g/mol. The van der Waals surface area contributed by atoms with Crippen LogP contribution in [0.2, 0.25) is 0 Å². The Kier molecular flexibility index (Phi) is 18.1. The van der Waals surface area contributed by atoms with E-state index in [0.29, 0.717) is 0 Å². The SMILES string of the molecule is C=NC(C)=C1C(C)=C(C)C(C)=C1C.CC(N)=C1C(C)=C(C)C(C)=C1C.C[NH-].II.N. The summed E-state index contributed by atoms with van der Waals surface area (Å²) < 4.78 is 0. The minimum atomic E-state index is 0. The van der Waals surface area contributed by atoms with Gasteiger partial charge in [-0.2, -0.15) is 7.05 Å². The van der Waals surface area contributed by atoms with Gasteiger partial charge in [0.25, 0.3) is 0 Å². The highest BCUT2D eigenvalue weighted by molar-refractivity contribution is 15.0. The zero-order valence-electron chi connectivity index (χ0n) is 20.7. The molecule has 0 radical (unpaired) electrons. The second-order valence-corrected chi connectivity index (χ2v) is 7.18. The van der Waals surface area contributed by atoms with Crippen molar-refractivity contribution in [1.29, 1.82) is 0 Å². The lowest BCUT2D eigenvalue weighted by atomic mass is 10.0. The number of allylic oxidation sites excluding steroid dienone is 12. The van der Waals surface area contributed by atoms with Crippen molar-refractivity contribution in [3.05, 3.63) is 72.9 Å². The highest BCUT2D eigenvalue weighted by atomic mass is 128. The van der Waals surface area contributed by atoms with Gasteiger partial charge in [0.1, 0.15) is 0 Å². The quantitative estimate of drug-likeness (QED) is 0.221. The highest BCUT2D eigenvalue weighted by Gasteiger charge is 2.20. The molecule has 0 aromatic rings. The van der Waals surface area contributed by atoms with Crippen LogP contribution in [-0.2, 0) is 0 Å². The lowest BCUT2D eigenvalue weighted by molar-refractivity contribution is 1.20. The van der Waals surface area contributed by atoms with Gasteiger partial charge in [-0.3, -0.25) is 4.99 Å². The van der Waals surface area contributed by atoms with Crippen molar-refractivity contribution in [1.82, 2.24) is 6.15 Å². The predicted molar refractivity (Wildman–Crippen MR) is 156 cm³/mol. The molecule has 0 amide bonds. The van der Waals surface area contributed by atoms with Crippen molar-refractivity contribution >= 4 is 43.9 Å². The third-order valence-corrected chi connectivity index (χ3v) is 5.87. The molecule has 0 aliphatic heterocycles. The second kappa shape index (κ2) is 16.0. The summed E-state index contributed by atoms with van der Waals surface area (Å²) in [7, 11) is 1.25. The van der Waals surface area contributed by atoms with Crippen LogP contribution < -0.4 is 11.9 Å². The molecule has 0 aromatic heterocycles. The lowest BCUT2D eigenvalue weighted by Gasteiger charge is -2.05. The average molecular weight is 639 g/mol. The van der Waals surface area contributed by atoms with Gasteiger partial charge in [0, 0.05) is 54.2 Å². The van der Waals surface area contributed by atoms with E-state index in [4.69, 9.17) is 11.5 Å². The van der Waals surface area contributed by atoms with E-state index >= 15 is 0 Å². The third kappa shape index (κ3) is 7.76. The first kappa shape index (κ1) is 33.9. The normalized spacial score (nSPS) is 15.0. The first-order chi connectivity index (χ1) is 13.5. The van der Waals surface area contributed by atoms with Gasteiger partial charge >= 0.3 is 0 Å². The topological polar surface area (TPSA) is 97.2 Å². The van der Waals surface area contributed by atoms with E-state index < -0.39 is 0 Å². The third-order valence-electron chi connectivity index (χ3n) is 5.87. The molecule has 4 nitrogen and oxygen atoms in total. The molecule has 0 saturated heterocycles. The van der Waals surface area contributed by atoms with Gasteiger partial charge in [0.15, 0.2) is 0 Å². The fourth-order valence-electron chi connectivity index (χ4n) is 3.65. The average Bonchev–Trinajstić information content (AvgIpc) is 3.04. The van der Waals surface area contributed by atoms with Crippen molar-refractivity contribution < 1.29 is 0 Å². The Hall–Kier alpha value is -0.710. The van der Waals surface area contributed by atoms with Gasteiger partial charge < -0.3 is 17.6 Å². The van der Waals surface area contributed by atoms with Gasteiger partial charge in [-0.1, -0.05) is 0 Å². The van der Waals surface area contributed by atoms with Gasteiger partial charge in [0.05, 0.1) is 0 Å². The Bertz CT molecular complexity index is 764. The highest BCUT2D eigenvalue weighted by Crippen LogP contribution is 2.38. The number of hydrogen-bond donors (Lipinski definition) is 2. The van der Waals surface area contributed by atoms with Crippen LogP contribution in [0.25, 0.3) is 5.73 Å². The predicted octanol–water partition coefficient (Wildman–Crippen LogP) is 9.15. The number of nitrogens with one attached hydrogen (secondary N) is 1. The first-order valence-electron chi connectivity index (χ1n) is 9.47. The van der Waals surface area contributed by atoms with Crippen LogP contribution in [0.15, 0.2) is 72.1 Å². The molecule has 0 aromatic carbocycles. The largest absolute Gasteiger partial charge is 0.680 e. The molecule has 6 N–H and O–H groups in total. The minimum Gasteiger partial charge on any atom is -0.680 e. The number of aliphatic imine (C=N–C) groups is 1. The van der Waals surface area contributed by atoms with Gasteiger partial charge in [0.2, 0.25) is 0 Å². The summed E-state index contributed by atoms with van der Waals surface area (Å²) in [6.07, 6.45) is 0. The zero-order valence-corrected chi connectivity index (χ0v) is 25.0. The fraction of sp³-hybridized carbons (Fsp3) is 0.458. The van der Waals surface area contributed by atoms with Gasteiger partial charge in [-0.25, -0.2) is 0 Å². The smallest absolute Gasteiger partial charge is 0.0443 e. The molecule has 0 unspecified atom stereocenters. The van der Waals surface area contributed by atoms with E-state index in [0.717, 1.165) is 11.4 Å². The molecule has 0 atom stereocenters. The first-order valence-corrected chi connectivity index (χ1v) is 15.8. The molecule has 0 bridgehead atoms. The molecule has 0 saturated carbocycles. The summed E-state index contributed by atoms with van der Waals surface area (Å²) in [6, 6.07) is 0. The molecule has 30 heavy (non-hydrogen) atoms. The van der Waals surface area contributed by atoms with Crippen LogP contribution in [0.5, 0.6) is 0 Å². The van der Waals surface area contributed by atoms with Crippen LogP contribution >= 0.6 is 37.2 Å². The minimum absolute atomic E-state index is 0. The molecule has 6 heteroatoms. The van der Waals surface area contributed by atoms with Gasteiger partial charge in [-0.05, 0) is 126 Å². The number of nitrogens with two attached hydrogens (primary N) is 1. The molecule has 2 aliphatic carbocycles. The summed E-state index contributed by atoms with van der Waals surface area (Å²) >= 11 is 4.24. The Morgan fingerprint density at radius 1 is 0.667 bits per heavy atom. The standard InChI is InChI=1S/C12H17N.C11H17N.CH4N.I2.H3N/c1-7-8(2)10(4)12(9(7)3)11(5)13-6;1-6-7(2)9(4)11(8(6)3)10(5)12;2*1-2;/h6H2,1-5H3;12H2,1-5H3;2H,1H3;;1H3/q;;-1;;. The molecule has 0 heterocycles. The number of nitrogens with zero attached hydrogens (tertiary/aromatic N) is 1. The van der Waals surface area contributed by atoms with Crippen LogP contribution in [0, 0.1) is 0 Å². The van der Waals surface area contributed by atoms with Crippen molar-refractivity contribution in [3.63, 3.8) is 0 Å².